The Labute approximate surface area is 274 Å². The van der Waals surface area contributed by atoms with E-state index in [4.69, 9.17) is 11.6 Å². The normalized spacial score (nSPS) is 15.4. The van der Waals surface area contributed by atoms with Crippen molar-refractivity contribution in [1.82, 2.24) is 29.8 Å². The molecule has 23 heteroatoms. The molecule has 0 atom stereocenters. The Hall–Kier alpha value is -3.92. The number of alkyl halides is 10. The Kier molecular flexibility index (Phi) is 9.39. The number of hydrogen-bond acceptors (Lipinski definition) is 8. The first-order chi connectivity index (χ1) is 22.2. The predicted molar refractivity (Wildman–Crippen MR) is 148 cm³/mol. The van der Waals surface area contributed by atoms with Gasteiger partial charge in [0.1, 0.15) is 5.66 Å². The van der Waals surface area contributed by atoms with Crippen molar-refractivity contribution >= 4 is 33.5 Å². The van der Waals surface area contributed by atoms with Crippen molar-refractivity contribution < 1.29 is 66.1 Å². The highest BCUT2D eigenvalue weighted by molar-refractivity contribution is 7.88. The Bertz CT molecular complexity index is 1880. The van der Waals surface area contributed by atoms with Crippen molar-refractivity contribution in [3.05, 3.63) is 46.7 Å². The van der Waals surface area contributed by atoms with E-state index in [1.165, 1.54) is 18.2 Å². The van der Waals surface area contributed by atoms with Crippen LogP contribution < -0.4 is 9.50 Å². The molecule has 270 valence electrons. The summed E-state index contributed by atoms with van der Waals surface area (Å²) in [6, 6.07) is 3.75. The maximum Gasteiger partial charge on any atom is 0.450 e. The number of rotatable bonds is 9. The molecule has 0 radical (unpaired) electrons. The number of carbonyl (C=O) groups excluding carboxylic acids is 2. The Morgan fingerprint density at radius 2 is 1.59 bits per heavy atom. The van der Waals surface area contributed by atoms with E-state index in [9.17, 15) is 61.9 Å². The van der Waals surface area contributed by atoms with Crippen molar-refractivity contribution in [3.8, 4) is 22.8 Å². The molecule has 1 N–H and O–H groups in total. The van der Waals surface area contributed by atoms with E-state index in [-0.39, 0.29) is 26.4 Å². The number of benzene rings is 1. The summed E-state index contributed by atoms with van der Waals surface area (Å²) in [5.41, 5.74) is -3.48. The molecule has 49 heavy (non-hydrogen) atoms. The fourth-order valence-electron chi connectivity index (χ4n) is 4.71. The van der Waals surface area contributed by atoms with Crippen LogP contribution in [-0.4, -0.2) is 74.8 Å². The van der Waals surface area contributed by atoms with E-state index in [0.717, 1.165) is 17.3 Å². The first-order valence-corrected chi connectivity index (χ1v) is 15.4. The van der Waals surface area contributed by atoms with E-state index in [2.05, 4.69) is 19.7 Å². The predicted octanol–water partition coefficient (Wildman–Crippen LogP) is 5.78. The van der Waals surface area contributed by atoms with Crippen LogP contribution in [0.2, 0.25) is 5.02 Å². The lowest BCUT2D eigenvalue weighted by Crippen LogP contribution is -2.60. The summed E-state index contributed by atoms with van der Waals surface area (Å²) in [4.78, 5) is 27.7. The molecule has 2 heterocycles. The maximum atomic E-state index is 14.3. The standard InChI is InChI=1S/C26H23ClF10N6O5S/c1-12(2)20(44)43(22(38-3)7-8-22)21(45)15-9-13(5-6-16(15)27)14-10-39-42(11-14)19-17(23(28,29)30)18(40-41(19)4)48-49(46,47)24(31,25(32,33)34)26(35,36)37/h5-6,9-12,38H,7-8H2,1-4H3. The van der Waals surface area contributed by atoms with Crippen LogP contribution in [0.5, 0.6) is 5.88 Å². The van der Waals surface area contributed by atoms with E-state index in [0.29, 0.717) is 24.6 Å². The van der Waals surface area contributed by atoms with Crippen LogP contribution in [0.25, 0.3) is 16.9 Å². The largest absolute Gasteiger partial charge is 0.450 e. The lowest BCUT2D eigenvalue weighted by Gasteiger charge is -2.31. The summed E-state index contributed by atoms with van der Waals surface area (Å²) >= 11 is 6.29. The third-order valence-electron chi connectivity index (χ3n) is 7.39. The number of hydrogen-bond donors (Lipinski definition) is 1. The molecule has 3 aromatic rings. The van der Waals surface area contributed by atoms with Gasteiger partial charge in [0, 0.05) is 24.7 Å². The van der Waals surface area contributed by atoms with Crippen molar-refractivity contribution in [3.63, 3.8) is 0 Å². The quantitative estimate of drug-likeness (QED) is 0.166. The SMILES string of the molecule is CNC1(N(C(=O)c2cc(-c3cnn(-c4c(C(F)(F)F)c(OS(=O)(=O)C(F)(C(F)(F)F)C(F)(F)F)nn4C)c3)ccc2Cl)C(=O)C(C)C)CC1. The van der Waals surface area contributed by atoms with Crippen LogP contribution in [0.3, 0.4) is 0 Å². The van der Waals surface area contributed by atoms with Gasteiger partial charge in [-0.15, -0.1) is 5.10 Å². The number of aromatic nitrogens is 4. The molecule has 4 rings (SSSR count). The van der Waals surface area contributed by atoms with Gasteiger partial charge in [-0.1, -0.05) is 31.5 Å². The Morgan fingerprint density at radius 1 is 1.02 bits per heavy atom. The van der Waals surface area contributed by atoms with Gasteiger partial charge in [0.05, 0.1) is 16.8 Å². The third-order valence-corrected chi connectivity index (χ3v) is 9.25. The Balaban J connectivity index is 1.80. The van der Waals surface area contributed by atoms with Crippen molar-refractivity contribution in [2.75, 3.05) is 7.05 Å². The molecule has 0 bridgehead atoms. The number of halogens is 11. The second-order valence-electron chi connectivity index (χ2n) is 11.0. The van der Waals surface area contributed by atoms with E-state index in [1.807, 2.05) is 0 Å². The number of imide groups is 1. The minimum Gasteiger partial charge on any atom is -0.356 e. The first kappa shape index (κ1) is 37.9. The summed E-state index contributed by atoms with van der Waals surface area (Å²) in [7, 11) is -5.41. The zero-order valence-corrected chi connectivity index (χ0v) is 26.8. The van der Waals surface area contributed by atoms with E-state index < -0.39 is 74.3 Å². The summed E-state index contributed by atoms with van der Waals surface area (Å²) in [5, 5.41) is 2.36. The van der Waals surface area contributed by atoms with Crippen molar-refractivity contribution in [2.45, 2.75) is 55.9 Å². The molecule has 0 aliphatic heterocycles. The molecule has 0 saturated heterocycles. The highest BCUT2D eigenvalue weighted by Gasteiger charge is 2.82. The van der Waals surface area contributed by atoms with Crippen molar-refractivity contribution in [2.24, 2.45) is 13.0 Å². The zero-order valence-electron chi connectivity index (χ0n) is 25.2. The van der Waals surface area contributed by atoms with Crippen LogP contribution in [0.4, 0.5) is 43.9 Å². The van der Waals surface area contributed by atoms with Crippen LogP contribution >= 0.6 is 11.6 Å². The highest BCUT2D eigenvalue weighted by Crippen LogP contribution is 2.51. The second kappa shape index (κ2) is 12.1. The lowest BCUT2D eigenvalue weighted by atomic mass is 10.0. The molecule has 1 aliphatic carbocycles. The van der Waals surface area contributed by atoms with Crippen LogP contribution in [0.15, 0.2) is 30.6 Å². The molecule has 1 saturated carbocycles. The van der Waals surface area contributed by atoms with Gasteiger partial charge < -0.3 is 4.18 Å². The number of nitrogens with zero attached hydrogens (tertiary/aromatic N) is 5. The summed E-state index contributed by atoms with van der Waals surface area (Å²) in [5.74, 6) is -5.59. The molecule has 11 nitrogen and oxygen atoms in total. The third kappa shape index (κ3) is 6.44. The summed E-state index contributed by atoms with van der Waals surface area (Å²) in [6.45, 7) is 3.14. The van der Waals surface area contributed by atoms with E-state index in [1.54, 1.807) is 20.9 Å². The van der Waals surface area contributed by atoms with Crippen molar-refractivity contribution in [1.29, 1.82) is 0 Å². The minimum atomic E-state index is -7.64. The smallest absolute Gasteiger partial charge is 0.356 e. The molecule has 1 aliphatic rings. The van der Waals surface area contributed by atoms with Gasteiger partial charge in [-0.2, -0.15) is 53.0 Å². The van der Waals surface area contributed by atoms with Gasteiger partial charge in [0.25, 0.3) is 11.8 Å². The molecule has 2 amide bonds. The average molecular weight is 757 g/mol. The van der Waals surface area contributed by atoms with Gasteiger partial charge in [0.15, 0.2) is 11.4 Å². The highest BCUT2D eigenvalue weighted by atomic mass is 35.5. The van der Waals surface area contributed by atoms with E-state index >= 15 is 0 Å². The molecular formula is C26H23ClF10N6O5S. The number of aryl methyl sites for hydroxylation is 1. The van der Waals surface area contributed by atoms with Crippen LogP contribution in [0, 0.1) is 5.92 Å². The molecule has 0 spiro atoms. The molecular weight excluding hydrogens is 734 g/mol. The number of carbonyl (C=O) groups is 2. The summed E-state index contributed by atoms with van der Waals surface area (Å²) < 4.78 is 163. The number of amides is 2. The molecule has 1 fully saturated rings. The zero-order chi connectivity index (χ0) is 37.3. The minimum absolute atomic E-state index is 0.0523. The summed E-state index contributed by atoms with van der Waals surface area (Å²) in [6.07, 6.45) is -17.6. The van der Waals surface area contributed by atoms with Gasteiger partial charge in [-0.05, 0) is 37.6 Å². The molecule has 2 aromatic heterocycles. The van der Waals surface area contributed by atoms with Crippen LogP contribution in [-0.2, 0) is 28.1 Å². The van der Waals surface area contributed by atoms with Crippen LogP contribution in [0.1, 0.15) is 42.6 Å². The van der Waals surface area contributed by atoms with Gasteiger partial charge >= 0.3 is 33.6 Å². The van der Waals surface area contributed by atoms with Gasteiger partial charge in [-0.25, -0.2) is 13.8 Å². The second-order valence-corrected chi connectivity index (χ2v) is 13.1. The fourth-order valence-corrected chi connectivity index (χ4v) is 5.91. The lowest BCUT2D eigenvalue weighted by molar-refractivity contribution is -0.307. The number of nitrogens with one attached hydrogen (secondary N) is 1. The van der Waals surface area contributed by atoms with Gasteiger partial charge in [0.2, 0.25) is 5.91 Å². The monoisotopic (exact) mass is 756 g/mol. The Morgan fingerprint density at radius 3 is 2.06 bits per heavy atom. The first-order valence-electron chi connectivity index (χ1n) is 13.6. The average Bonchev–Trinajstić information content (AvgIpc) is 3.45. The fraction of sp³-hybridized carbons (Fsp3) is 0.462. The maximum absolute atomic E-state index is 14.3. The van der Waals surface area contributed by atoms with Gasteiger partial charge in [-0.3, -0.25) is 19.8 Å². The molecule has 1 aromatic carbocycles. The topological polar surface area (TPSA) is 128 Å². The molecule has 0 unspecified atom stereocenters.